The Morgan fingerprint density at radius 2 is 1.93 bits per heavy atom. The van der Waals surface area contributed by atoms with Crippen LogP contribution in [-0.4, -0.2) is 31.3 Å². The van der Waals surface area contributed by atoms with Crippen LogP contribution in [0.25, 0.3) is 10.2 Å². The number of halogens is 1. The van der Waals surface area contributed by atoms with Gasteiger partial charge in [0, 0.05) is 13.5 Å². The molecule has 29 heavy (non-hydrogen) atoms. The summed E-state index contributed by atoms with van der Waals surface area (Å²) >= 11 is 1.37. The van der Waals surface area contributed by atoms with Crippen LogP contribution < -0.4 is 9.54 Å². The second-order valence-corrected chi connectivity index (χ2v) is 9.51. The molecule has 3 rings (SSSR count). The second-order valence-electron chi connectivity index (χ2n) is 6.39. The van der Waals surface area contributed by atoms with Crippen molar-refractivity contribution in [1.82, 2.24) is 4.57 Å². The first-order chi connectivity index (χ1) is 13.8. The molecule has 0 saturated heterocycles. The number of hydrogen-bond acceptors (Lipinski definition) is 5. The Hall–Kier alpha value is -2.52. The standard InChI is InChI=1S/C20H21FN2O4S2/c1-3-27-15-8-11-17-18(13-15)28-20(23(17)2)22-19(24)5-4-12-29(25,26)16-9-6-14(21)7-10-16/h6-11,13H,3-5,12H2,1-2H3. The first-order valence-electron chi connectivity index (χ1n) is 9.08. The second kappa shape index (κ2) is 8.87. The Morgan fingerprint density at radius 1 is 1.21 bits per heavy atom. The van der Waals surface area contributed by atoms with Gasteiger partial charge in [-0.2, -0.15) is 4.99 Å². The zero-order chi connectivity index (χ0) is 21.0. The minimum Gasteiger partial charge on any atom is -0.494 e. The largest absolute Gasteiger partial charge is 0.494 e. The van der Waals surface area contributed by atoms with Gasteiger partial charge in [0.2, 0.25) is 5.91 Å². The van der Waals surface area contributed by atoms with E-state index in [1.165, 1.54) is 23.5 Å². The third kappa shape index (κ3) is 5.10. The van der Waals surface area contributed by atoms with Gasteiger partial charge in [-0.05, 0) is 55.8 Å². The van der Waals surface area contributed by atoms with E-state index in [1.54, 1.807) is 0 Å². The predicted molar refractivity (Wildman–Crippen MR) is 110 cm³/mol. The number of nitrogens with zero attached hydrogens (tertiary/aromatic N) is 2. The third-order valence-corrected chi connectivity index (χ3v) is 7.20. The first kappa shape index (κ1) is 21.2. The van der Waals surface area contributed by atoms with Gasteiger partial charge in [-0.15, -0.1) is 0 Å². The van der Waals surface area contributed by atoms with E-state index in [0.29, 0.717) is 11.4 Å². The molecule has 9 heteroatoms. The average molecular weight is 437 g/mol. The molecule has 0 unspecified atom stereocenters. The van der Waals surface area contributed by atoms with Crippen molar-refractivity contribution in [1.29, 1.82) is 0 Å². The first-order valence-corrected chi connectivity index (χ1v) is 11.6. The van der Waals surface area contributed by atoms with Crippen LogP contribution in [0, 0.1) is 5.82 Å². The number of carbonyl (C=O) groups excluding carboxylic acids is 1. The number of ether oxygens (including phenoxy) is 1. The zero-order valence-electron chi connectivity index (χ0n) is 16.1. The molecule has 3 aromatic rings. The number of fused-ring (bicyclic) bond motifs is 1. The number of aryl methyl sites for hydroxylation is 1. The zero-order valence-corrected chi connectivity index (χ0v) is 17.7. The molecule has 0 saturated carbocycles. The van der Waals surface area contributed by atoms with Crippen LogP contribution in [-0.2, 0) is 21.7 Å². The summed E-state index contributed by atoms with van der Waals surface area (Å²) in [6.07, 6.45) is 0.157. The molecule has 0 N–H and O–H groups in total. The van der Waals surface area contributed by atoms with Crippen LogP contribution in [0.1, 0.15) is 19.8 Å². The highest BCUT2D eigenvalue weighted by molar-refractivity contribution is 7.91. The van der Waals surface area contributed by atoms with Gasteiger partial charge in [-0.3, -0.25) is 4.79 Å². The molecule has 0 atom stereocenters. The van der Waals surface area contributed by atoms with Crippen molar-refractivity contribution in [3.63, 3.8) is 0 Å². The van der Waals surface area contributed by atoms with E-state index in [2.05, 4.69) is 4.99 Å². The van der Waals surface area contributed by atoms with Crippen LogP contribution in [0.5, 0.6) is 5.75 Å². The smallest absolute Gasteiger partial charge is 0.248 e. The summed E-state index contributed by atoms with van der Waals surface area (Å²) in [7, 11) is -1.74. The van der Waals surface area contributed by atoms with Crippen molar-refractivity contribution >= 4 is 37.3 Å². The lowest BCUT2D eigenvalue weighted by Gasteiger charge is -2.03. The summed E-state index contributed by atoms with van der Waals surface area (Å²) < 4.78 is 45.7. The number of carbonyl (C=O) groups is 1. The van der Waals surface area contributed by atoms with Crippen molar-refractivity contribution in [3.05, 3.63) is 53.1 Å². The van der Waals surface area contributed by atoms with Crippen LogP contribution in [0.4, 0.5) is 4.39 Å². The number of aromatic nitrogens is 1. The Bertz CT molecular complexity index is 1200. The quantitative estimate of drug-likeness (QED) is 0.532. The molecule has 0 aliphatic carbocycles. The number of sulfone groups is 1. The molecule has 1 aromatic heterocycles. The average Bonchev–Trinajstić information content (AvgIpc) is 2.97. The number of amides is 1. The Balaban J connectivity index is 1.69. The van der Waals surface area contributed by atoms with Crippen molar-refractivity contribution in [2.75, 3.05) is 12.4 Å². The molecule has 0 bridgehead atoms. The van der Waals surface area contributed by atoms with Gasteiger partial charge in [0.05, 0.1) is 27.5 Å². The molecule has 1 amide bonds. The molecule has 6 nitrogen and oxygen atoms in total. The predicted octanol–water partition coefficient (Wildman–Crippen LogP) is 3.46. The monoisotopic (exact) mass is 436 g/mol. The highest BCUT2D eigenvalue weighted by atomic mass is 32.2. The van der Waals surface area contributed by atoms with E-state index >= 15 is 0 Å². The number of benzene rings is 2. The van der Waals surface area contributed by atoms with Gasteiger partial charge < -0.3 is 9.30 Å². The highest BCUT2D eigenvalue weighted by Gasteiger charge is 2.15. The SMILES string of the molecule is CCOc1ccc2c(c1)sc(=NC(=O)CCCS(=O)(=O)c1ccc(F)cc1)n2C. The molecule has 154 valence electrons. The lowest BCUT2D eigenvalue weighted by Crippen LogP contribution is -2.14. The van der Waals surface area contributed by atoms with E-state index in [4.69, 9.17) is 4.74 Å². The minimum atomic E-state index is -3.56. The van der Waals surface area contributed by atoms with Gasteiger partial charge >= 0.3 is 0 Å². The van der Waals surface area contributed by atoms with E-state index in [9.17, 15) is 17.6 Å². The molecule has 0 fully saturated rings. The van der Waals surface area contributed by atoms with E-state index in [1.807, 2.05) is 36.7 Å². The molecule has 0 aliphatic heterocycles. The maximum Gasteiger partial charge on any atom is 0.248 e. The molecule has 2 aromatic carbocycles. The Morgan fingerprint density at radius 3 is 2.62 bits per heavy atom. The summed E-state index contributed by atoms with van der Waals surface area (Å²) in [6.45, 7) is 2.48. The van der Waals surface area contributed by atoms with E-state index < -0.39 is 15.7 Å². The third-order valence-electron chi connectivity index (χ3n) is 4.29. The number of rotatable bonds is 7. The number of thiazole rings is 1. The lowest BCUT2D eigenvalue weighted by molar-refractivity contribution is -0.118. The van der Waals surface area contributed by atoms with Crippen LogP contribution in [0.15, 0.2) is 52.4 Å². The van der Waals surface area contributed by atoms with Crippen LogP contribution in [0.2, 0.25) is 0 Å². The summed E-state index contributed by atoms with van der Waals surface area (Å²) in [5, 5.41) is 0. The van der Waals surface area contributed by atoms with Crippen LogP contribution >= 0.6 is 11.3 Å². The maximum atomic E-state index is 12.9. The van der Waals surface area contributed by atoms with Gasteiger partial charge in [0.25, 0.3) is 0 Å². The van der Waals surface area contributed by atoms with Crippen molar-refractivity contribution in [2.45, 2.75) is 24.7 Å². The van der Waals surface area contributed by atoms with E-state index in [0.717, 1.165) is 28.1 Å². The molecule has 1 heterocycles. The maximum absolute atomic E-state index is 12.9. The van der Waals surface area contributed by atoms with Gasteiger partial charge in [-0.25, -0.2) is 12.8 Å². The molecule has 0 spiro atoms. The van der Waals surface area contributed by atoms with E-state index in [-0.39, 0.29) is 29.4 Å². The molecule has 0 aliphatic rings. The lowest BCUT2D eigenvalue weighted by atomic mass is 10.3. The normalized spacial score (nSPS) is 12.4. The van der Waals surface area contributed by atoms with Crippen molar-refractivity contribution in [3.8, 4) is 5.75 Å². The fourth-order valence-corrected chi connectivity index (χ4v) is 5.19. The molecular weight excluding hydrogens is 415 g/mol. The van der Waals surface area contributed by atoms with Gasteiger partial charge in [0.15, 0.2) is 14.6 Å². The summed E-state index contributed by atoms with van der Waals surface area (Å²) in [4.78, 5) is 17.0. The minimum absolute atomic E-state index is 0.0128. The number of hydrogen-bond donors (Lipinski definition) is 0. The highest BCUT2D eigenvalue weighted by Crippen LogP contribution is 2.22. The molecular formula is C20H21FN2O4S2. The Kier molecular flexibility index (Phi) is 6.49. The van der Waals surface area contributed by atoms with Crippen molar-refractivity contribution < 1.29 is 22.3 Å². The topological polar surface area (TPSA) is 77.7 Å². The van der Waals surface area contributed by atoms with Crippen molar-refractivity contribution in [2.24, 2.45) is 12.0 Å². The van der Waals surface area contributed by atoms with Gasteiger partial charge in [0.1, 0.15) is 11.6 Å². The summed E-state index contributed by atoms with van der Waals surface area (Å²) in [5.74, 6) is -0.324. The summed E-state index contributed by atoms with van der Waals surface area (Å²) in [5.41, 5.74) is 0.934. The fourth-order valence-electron chi connectivity index (χ4n) is 2.81. The van der Waals surface area contributed by atoms with Crippen LogP contribution in [0.3, 0.4) is 0 Å². The fraction of sp³-hybridized carbons (Fsp3) is 0.300. The Labute approximate surface area is 172 Å². The summed E-state index contributed by atoms with van der Waals surface area (Å²) in [6, 6.07) is 10.3. The molecule has 0 radical (unpaired) electrons. The van der Waals surface area contributed by atoms with Gasteiger partial charge in [-0.1, -0.05) is 11.3 Å².